The molecule has 4 unspecified atom stereocenters. The van der Waals surface area contributed by atoms with Crippen LogP contribution in [-0.2, 0) is 0 Å². The standard InChI is InChI=1S/C28H33N3O/c1-27-13-11-20(32)15-19(27)5-6-21-22-7-10-26(28(22,2)14-12-23(21)27)31-17-30-24-8-3-18(16-29)4-9-25(24)31/h3-5,8-10,17-18,20-23,32H,6-7,11-15H2,1-2H3/t18?,20-,21?,22?,23?,27-,28-/m0/s1. The highest BCUT2D eigenvalue weighted by Gasteiger charge is 2.57. The number of nitriles is 1. The molecular weight excluding hydrogens is 394 g/mol. The molecule has 6 rings (SSSR count). The number of hydrogen-bond donors (Lipinski definition) is 1. The molecule has 0 saturated heterocycles. The number of aromatic nitrogens is 2. The maximum absolute atomic E-state index is 10.3. The summed E-state index contributed by atoms with van der Waals surface area (Å²) in [6.07, 6.45) is 22.6. The molecule has 4 nitrogen and oxygen atoms in total. The zero-order chi connectivity index (χ0) is 22.1. The summed E-state index contributed by atoms with van der Waals surface area (Å²) in [5.41, 5.74) is 5.44. The monoisotopic (exact) mass is 427 g/mol. The molecule has 2 saturated carbocycles. The van der Waals surface area contributed by atoms with Gasteiger partial charge in [0.15, 0.2) is 0 Å². The Balaban J connectivity index is 1.33. The van der Waals surface area contributed by atoms with Gasteiger partial charge in [-0.1, -0.05) is 43.7 Å². The molecule has 0 spiro atoms. The average molecular weight is 428 g/mol. The highest BCUT2D eigenvalue weighted by molar-refractivity contribution is 5.69. The molecule has 0 aliphatic heterocycles. The topological polar surface area (TPSA) is 61.8 Å². The van der Waals surface area contributed by atoms with Crippen LogP contribution in [0.15, 0.2) is 36.2 Å². The van der Waals surface area contributed by atoms with E-state index in [9.17, 15) is 10.4 Å². The van der Waals surface area contributed by atoms with Crippen molar-refractivity contribution in [3.8, 4) is 6.07 Å². The molecule has 5 aliphatic carbocycles. The summed E-state index contributed by atoms with van der Waals surface area (Å²) >= 11 is 0. The summed E-state index contributed by atoms with van der Waals surface area (Å²) in [5, 5.41) is 19.6. The third-order valence-electron chi connectivity index (χ3n) is 9.78. The van der Waals surface area contributed by atoms with E-state index in [0.29, 0.717) is 11.8 Å². The summed E-state index contributed by atoms with van der Waals surface area (Å²) in [4.78, 5) is 4.69. The van der Waals surface area contributed by atoms with Gasteiger partial charge in [0.25, 0.3) is 0 Å². The molecule has 166 valence electrons. The third-order valence-corrected chi connectivity index (χ3v) is 9.78. The van der Waals surface area contributed by atoms with Gasteiger partial charge in [-0.05, 0) is 80.3 Å². The van der Waals surface area contributed by atoms with Crippen LogP contribution in [0.3, 0.4) is 0 Å². The Labute approximate surface area is 191 Å². The quantitative estimate of drug-likeness (QED) is 0.573. The number of fused-ring (bicyclic) bond motifs is 6. The lowest BCUT2D eigenvalue weighted by Crippen LogP contribution is -2.50. The van der Waals surface area contributed by atoms with Crippen molar-refractivity contribution in [2.24, 2.45) is 34.5 Å². The fraction of sp³-hybridized carbons (Fsp3) is 0.571. The Bertz CT molecular complexity index is 1110. The third kappa shape index (κ3) is 2.73. The van der Waals surface area contributed by atoms with Crippen molar-refractivity contribution in [3.63, 3.8) is 0 Å². The molecule has 7 atom stereocenters. The van der Waals surface area contributed by atoms with Gasteiger partial charge in [0.1, 0.15) is 6.33 Å². The fourth-order valence-electron chi connectivity index (χ4n) is 7.96. The molecule has 1 aromatic rings. The summed E-state index contributed by atoms with van der Waals surface area (Å²) in [5.74, 6) is 1.92. The second-order valence-electron chi connectivity index (χ2n) is 11.2. The maximum atomic E-state index is 10.3. The molecule has 1 heterocycles. The van der Waals surface area contributed by atoms with Crippen LogP contribution in [0.1, 0.15) is 70.2 Å². The first-order valence-electron chi connectivity index (χ1n) is 12.4. The Morgan fingerprint density at radius 2 is 1.88 bits per heavy atom. The molecule has 2 fully saturated rings. The lowest BCUT2D eigenvalue weighted by Gasteiger charge is -2.57. The lowest BCUT2D eigenvalue weighted by atomic mass is 9.48. The van der Waals surface area contributed by atoms with Gasteiger partial charge >= 0.3 is 0 Å². The minimum Gasteiger partial charge on any atom is -0.393 e. The van der Waals surface area contributed by atoms with Crippen LogP contribution in [0.4, 0.5) is 0 Å². The Kier molecular flexibility index (Phi) is 4.46. The van der Waals surface area contributed by atoms with Crippen LogP contribution in [0, 0.1) is 45.8 Å². The van der Waals surface area contributed by atoms with Crippen molar-refractivity contribution in [2.75, 3.05) is 0 Å². The highest BCUT2D eigenvalue weighted by atomic mass is 16.3. The van der Waals surface area contributed by atoms with E-state index in [0.717, 1.165) is 49.4 Å². The summed E-state index contributed by atoms with van der Waals surface area (Å²) in [7, 11) is 0. The first-order valence-corrected chi connectivity index (χ1v) is 12.4. The predicted molar refractivity (Wildman–Crippen MR) is 127 cm³/mol. The highest BCUT2D eigenvalue weighted by Crippen LogP contribution is 2.65. The number of aliphatic hydroxyl groups is 1. The van der Waals surface area contributed by atoms with Crippen molar-refractivity contribution in [1.29, 1.82) is 5.26 Å². The van der Waals surface area contributed by atoms with Crippen LogP contribution in [0.25, 0.3) is 17.8 Å². The Morgan fingerprint density at radius 1 is 1.06 bits per heavy atom. The van der Waals surface area contributed by atoms with E-state index in [1.165, 1.54) is 24.1 Å². The van der Waals surface area contributed by atoms with E-state index in [2.05, 4.69) is 42.7 Å². The fourth-order valence-corrected chi connectivity index (χ4v) is 7.96. The SMILES string of the molecule is C[C@]12CC[C@H](O)CC1=CCC1C2CC[C@]2(C)C(n3cnc4c3C=CC(C#N)C=C4)=CCC12. The minimum atomic E-state index is -0.188. The van der Waals surface area contributed by atoms with E-state index in [4.69, 9.17) is 4.98 Å². The van der Waals surface area contributed by atoms with Gasteiger partial charge in [0.2, 0.25) is 0 Å². The van der Waals surface area contributed by atoms with Crippen LogP contribution < -0.4 is 0 Å². The predicted octanol–water partition coefficient (Wildman–Crippen LogP) is 5.84. The molecule has 32 heavy (non-hydrogen) atoms. The summed E-state index contributed by atoms with van der Waals surface area (Å²) < 4.78 is 2.30. The van der Waals surface area contributed by atoms with Gasteiger partial charge in [-0.2, -0.15) is 5.26 Å². The number of allylic oxidation sites excluding steroid dienone is 5. The smallest absolute Gasteiger partial charge is 0.100 e. The van der Waals surface area contributed by atoms with E-state index >= 15 is 0 Å². The van der Waals surface area contributed by atoms with Crippen LogP contribution in [0.5, 0.6) is 0 Å². The molecule has 4 heteroatoms. The van der Waals surface area contributed by atoms with Gasteiger partial charge in [-0.3, -0.25) is 0 Å². The van der Waals surface area contributed by atoms with Gasteiger partial charge in [-0.15, -0.1) is 0 Å². The number of aliphatic hydroxyl groups excluding tert-OH is 1. The lowest BCUT2D eigenvalue weighted by molar-refractivity contribution is -0.0249. The average Bonchev–Trinajstić information content (AvgIpc) is 3.27. The number of hydrogen-bond acceptors (Lipinski definition) is 3. The number of nitrogens with zero attached hydrogens (tertiary/aromatic N) is 3. The molecular formula is C28H33N3O. The van der Waals surface area contributed by atoms with E-state index < -0.39 is 0 Å². The van der Waals surface area contributed by atoms with Gasteiger partial charge < -0.3 is 9.67 Å². The van der Waals surface area contributed by atoms with Gasteiger partial charge in [0, 0.05) is 11.1 Å². The van der Waals surface area contributed by atoms with Crippen molar-refractivity contribution in [3.05, 3.63) is 47.6 Å². The van der Waals surface area contributed by atoms with Crippen LogP contribution in [0.2, 0.25) is 0 Å². The first kappa shape index (κ1) is 20.2. The molecule has 1 N–H and O–H groups in total. The second-order valence-corrected chi connectivity index (χ2v) is 11.2. The summed E-state index contributed by atoms with van der Waals surface area (Å²) in [6.45, 7) is 4.98. The zero-order valence-electron chi connectivity index (χ0n) is 19.2. The van der Waals surface area contributed by atoms with Crippen molar-refractivity contribution < 1.29 is 5.11 Å². The number of imidazole rings is 1. The van der Waals surface area contributed by atoms with Crippen LogP contribution >= 0.6 is 0 Å². The molecule has 5 aliphatic rings. The molecule has 1 aromatic heterocycles. The minimum absolute atomic E-state index is 0.140. The van der Waals surface area contributed by atoms with Crippen molar-refractivity contribution in [2.45, 2.75) is 64.9 Å². The van der Waals surface area contributed by atoms with E-state index in [-0.39, 0.29) is 22.9 Å². The molecule has 0 radical (unpaired) electrons. The maximum Gasteiger partial charge on any atom is 0.100 e. The van der Waals surface area contributed by atoms with E-state index in [1.807, 2.05) is 24.6 Å². The van der Waals surface area contributed by atoms with E-state index in [1.54, 1.807) is 0 Å². The van der Waals surface area contributed by atoms with Crippen molar-refractivity contribution in [1.82, 2.24) is 9.55 Å². The second kappa shape index (κ2) is 7.06. The Hall–Kier alpha value is -2.38. The Morgan fingerprint density at radius 3 is 2.72 bits per heavy atom. The van der Waals surface area contributed by atoms with Gasteiger partial charge in [0.05, 0.1) is 29.5 Å². The largest absolute Gasteiger partial charge is 0.393 e. The number of rotatable bonds is 1. The summed E-state index contributed by atoms with van der Waals surface area (Å²) in [6, 6.07) is 2.32. The first-order chi connectivity index (χ1) is 15.4. The van der Waals surface area contributed by atoms with Gasteiger partial charge in [-0.25, -0.2) is 4.98 Å². The molecule has 0 bridgehead atoms. The zero-order valence-corrected chi connectivity index (χ0v) is 19.2. The molecule has 0 aromatic carbocycles. The normalized spacial score (nSPS) is 42.0. The van der Waals surface area contributed by atoms with Crippen molar-refractivity contribution >= 4 is 17.8 Å². The molecule has 0 amide bonds. The van der Waals surface area contributed by atoms with Crippen LogP contribution in [-0.4, -0.2) is 20.8 Å².